The number of nitrogens with one attached hydrogen (secondary N) is 1. The zero-order valence-corrected chi connectivity index (χ0v) is 11.4. The molecule has 3 heteroatoms. The number of piperidine rings is 1. The Morgan fingerprint density at radius 3 is 2.67 bits per heavy atom. The van der Waals surface area contributed by atoms with Crippen molar-refractivity contribution < 1.29 is 4.39 Å². The molecule has 1 N–H and O–H groups in total. The maximum absolute atomic E-state index is 13.9. The van der Waals surface area contributed by atoms with Crippen LogP contribution in [0.15, 0.2) is 18.2 Å². The average molecular weight is 250 g/mol. The third-order valence-corrected chi connectivity index (χ3v) is 3.98. The van der Waals surface area contributed by atoms with Gasteiger partial charge in [0.2, 0.25) is 0 Å². The standard InChI is InChI=1S/C15H23FN2/c1-3-12-7-9-18(10-8-12)15-6-4-5-14(16)13(15)11-17-2/h4-6,12,17H,3,7-11H2,1-2H3. The molecule has 100 valence electrons. The number of benzene rings is 1. The van der Waals surface area contributed by atoms with E-state index in [0.29, 0.717) is 6.54 Å². The van der Waals surface area contributed by atoms with Gasteiger partial charge in [0.05, 0.1) is 0 Å². The highest BCUT2D eigenvalue weighted by Crippen LogP contribution is 2.28. The van der Waals surface area contributed by atoms with Crippen LogP contribution in [0.1, 0.15) is 31.7 Å². The summed E-state index contributed by atoms with van der Waals surface area (Å²) in [6.45, 7) is 4.96. The lowest BCUT2D eigenvalue weighted by atomic mass is 9.93. The van der Waals surface area contributed by atoms with Crippen LogP contribution >= 0.6 is 0 Å². The third-order valence-electron chi connectivity index (χ3n) is 3.98. The minimum atomic E-state index is -0.0977. The zero-order chi connectivity index (χ0) is 13.0. The molecule has 1 aromatic rings. The van der Waals surface area contributed by atoms with Crippen molar-refractivity contribution in [2.24, 2.45) is 5.92 Å². The van der Waals surface area contributed by atoms with Crippen molar-refractivity contribution in [1.82, 2.24) is 5.32 Å². The molecule has 1 aliphatic heterocycles. The number of rotatable bonds is 4. The van der Waals surface area contributed by atoms with Gasteiger partial charge in [0.15, 0.2) is 0 Å². The van der Waals surface area contributed by atoms with Crippen molar-refractivity contribution in [1.29, 1.82) is 0 Å². The van der Waals surface area contributed by atoms with Gasteiger partial charge in [-0.25, -0.2) is 4.39 Å². The molecule has 0 bridgehead atoms. The molecule has 0 spiro atoms. The van der Waals surface area contributed by atoms with Gasteiger partial charge >= 0.3 is 0 Å². The fourth-order valence-corrected chi connectivity index (χ4v) is 2.78. The van der Waals surface area contributed by atoms with Crippen molar-refractivity contribution in [3.8, 4) is 0 Å². The van der Waals surface area contributed by atoms with E-state index in [9.17, 15) is 4.39 Å². The van der Waals surface area contributed by atoms with Gasteiger partial charge in [-0.1, -0.05) is 19.4 Å². The second-order valence-electron chi connectivity index (χ2n) is 5.11. The molecule has 1 heterocycles. The van der Waals surface area contributed by atoms with Gasteiger partial charge in [-0.2, -0.15) is 0 Å². The average Bonchev–Trinajstić information content (AvgIpc) is 2.41. The summed E-state index contributed by atoms with van der Waals surface area (Å²) in [4.78, 5) is 2.34. The Balaban J connectivity index is 2.15. The van der Waals surface area contributed by atoms with Gasteiger partial charge in [0, 0.05) is 30.9 Å². The monoisotopic (exact) mass is 250 g/mol. The summed E-state index contributed by atoms with van der Waals surface area (Å²) >= 11 is 0. The van der Waals surface area contributed by atoms with Crippen LogP contribution in [-0.4, -0.2) is 20.1 Å². The van der Waals surface area contributed by atoms with Crippen LogP contribution in [0.25, 0.3) is 0 Å². The highest BCUT2D eigenvalue weighted by molar-refractivity contribution is 5.54. The summed E-state index contributed by atoms with van der Waals surface area (Å²) in [6, 6.07) is 5.41. The highest BCUT2D eigenvalue weighted by atomic mass is 19.1. The molecule has 2 nitrogen and oxygen atoms in total. The Morgan fingerprint density at radius 1 is 1.33 bits per heavy atom. The van der Waals surface area contributed by atoms with Crippen molar-refractivity contribution >= 4 is 5.69 Å². The lowest BCUT2D eigenvalue weighted by Crippen LogP contribution is -2.34. The molecule has 18 heavy (non-hydrogen) atoms. The fraction of sp³-hybridized carbons (Fsp3) is 0.600. The van der Waals surface area contributed by atoms with E-state index in [1.807, 2.05) is 19.2 Å². The molecular weight excluding hydrogens is 227 g/mol. The van der Waals surface area contributed by atoms with E-state index in [2.05, 4.69) is 17.1 Å². The Bertz CT molecular complexity index is 384. The lowest BCUT2D eigenvalue weighted by molar-refractivity contribution is 0.394. The van der Waals surface area contributed by atoms with Crippen LogP contribution in [0.3, 0.4) is 0 Å². The highest BCUT2D eigenvalue weighted by Gasteiger charge is 2.20. The fourth-order valence-electron chi connectivity index (χ4n) is 2.78. The molecule has 2 rings (SSSR count). The van der Waals surface area contributed by atoms with Gasteiger partial charge in [0.1, 0.15) is 5.82 Å². The van der Waals surface area contributed by atoms with Crippen LogP contribution in [0, 0.1) is 11.7 Å². The maximum Gasteiger partial charge on any atom is 0.129 e. The van der Waals surface area contributed by atoms with Crippen molar-refractivity contribution in [2.75, 3.05) is 25.0 Å². The number of halogens is 1. The molecule has 0 aromatic heterocycles. The first-order chi connectivity index (χ1) is 8.76. The number of hydrogen-bond donors (Lipinski definition) is 1. The molecule has 0 radical (unpaired) electrons. The van der Waals surface area contributed by atoms with E-state index < -0.39 is 0 Å². The second-order valence-corrected chi connectivity index (χ2v) is 5.11. The summed E-state index contributed by atoms with van der Waals surface area (Å²) in [5.41, 5.74) is 1.87. The number of anilines is 1. The molecule has 1 fully saturated rings. The molecule has 1 aromatic carbocycles. The predicted octanol–water partition coefficient (Wildman–Crippen LogP) is 3.17. The van der Waals surface area contributed by atoms with Crippen LogP contribution in [-0.2, 0) is 6.54 Å². The molecule has 1 saturated heterocycles. The zero-order valence-electron chi connectivity index (χ0n) is 11.4. The summed E-state index contributed by atoms with van der Waals surface area (Å²) < 4.78 is 13.9. The number of nitrogens with zero attached hydrogens (tertiary/aromatic N) is 1. The summed E-state index contributed by atoms with van der Waals surface area (Å²) in [7, 11) is 1.86. The van der Waals surface area contributed by atoms with Gasteiger partial charge in [0.25, 0.3) is 0 Å². The lowest BCUT2D eigenvalue weighted by Gasteiger charge is -2.34. The predicted molar refractivity (Wildman–Crippen MR) is 74.4 cm³/mol. The van der Waals surface area contributed by atoms with Crippen LogP contribution in [0.4, 0.5) is 10.1 Å². The van der Waals surface area contributed by atoms with E-state index in [1.165, 1.54) is 19.3 Å². The first kappa shape index (κ1) is 13.3. The SMILES string of the molecule is CCC1CCN(c2cccc(F)c2CNC)CC1. The Kier molecular flexibility index (Phi) is 4.59. The Morgan fingerprint density at radius 2 is 2.06 bits per heavy atom. The van der Waals surface area contributed by atoms with E-state index in [0.717, 1.165) is 30.3 Å². The summed E-state index contributed by atoms with van der Waals surface area (Å²) in [6.07, 6.45) is 3.72. The second kappa shape index (κ2) is 6.19. The maximum atomic E-state index is 13.9. The minimum Gasteiger partial charge on any atom is -0.371 e. The van der Waals surface area contributed by atoms with E-state index in [4.69, 9.17) is 0 Å². The van der Waals surface area contributed by atoms with Gasteiger partial charge in [-0.05, 0) is 37.9 Å². The first-order valence-electron chi connectivity index (χ1n) is 6.93. The van der Waals surface area contributed by atoms with Crippen molar-refractivity contribution in [3.63, 3.8) is 0 Å². The molecule has 0 aliphatic carbocycles. The van der Waals surface area contributed by atoms with Crippen LogP contribution < -0.4 is 10.2 Å². The topological polar surface area (TPSA) is 15.3 Å². The van der Waals surface area contributed by atoms with Gasteiger partial charge in [-0.15, -0.1) is 0 Å². The van der Waals surface area contributed by atoms with Gasteiger partial charge < -0.3 is 10.2 Å². The quantitative estimate of drug-likeness (QED) is 0.883. The molecule has 0 unspecified atom stereocenters. The van der Waals surface area contributed by atoms with Crippen molar-refractivity contribution in [3.05, 3.63) is 29.6 Å². The first-order valence-corrected chi connectivity index (χ1v) is 6.93. The Labute approximate surface area is 109 Å². The van der Waals surface area contributed by atoms with E-state index in [1.54, 1.807) is 6.07 Å². The number of hydrogen-bond acceptors (Lipinski definition) is 2. The molecule has 0 atom stereocenters. The van der Waals surface area contributed by atoms with E-state index in [-0.39, 0.29) is 5.82 Å². The van der Waals surface area contributed by atoms with Crippen LogP contribution in [0.5, 0.6) is 0 Å². The van der Waals surface area contributed by atoms with E-state index >= 15 is 0 Å². The minimum absolute atomic E-state index is 0.0977. The molecular formula is C15H23FN2. The van der Waals surface area contributed by atoms with Gasteiger partial charge in [-0.3, -0.25) is 0 Å². The molecule has 0 amide bonds. The normalized spacial score (nSPS) is 17.2. The molecule has 0 saturated carbocycles. The largest absolute Gasteiger partial charge is 0.371 e. The summed E-state index contributed by atoms with van der Waals surface area (Å²) in [5.74, 6) is 0.752. The summed E-state index contributed by atoms with van der Waals surface area (Å²) in [5, 5.41) is 3.06. The Hall–Kier alpha value is -1.09. The third kappa shape index (κ3) is 2.83. The van der Waals surface area contributed by atoms with Crippen molar-refractivity contribution in [2.45, 2.75) is 32.7 Å². The van der Waals surface area contributed by atoms with Crippen LogP contribution in [0.2, 0.25) is 0 Å². The molecule has 1 aliphatic rings. The smallest absolute Gasteiger partial charge is 0.129 e.